The molecule has 1 heterocycles. The summed E-state index contributed by atoms with van der Waals surface area (Å²) in [6.45, 7) is 3.75. The van der Waals surface area contributed by atoms with Crippen LogP contribution in [0.2, 0.25) is 0 Å². The first-order valence-electron chi connectivity index (χ1n) is 6.58. The van der Waals surface area contributed by atoms with E-state index in [2.05, 4.69) is 6.07 Å². The van der Waals surface area contributed by atoms with E-state index >= 15 is 0 Å². The average Bonchev–Trinajstić information content (AvgIpc) is 2.69. The fourth-order valence-corrected chi connectivity index (χ4v) is 2.18. The van der Waals surface area contributed by atoms with Gasteiger partial charge in [0.15, 0.2) is 6.79 Å². The summed E-state index contributed by atoms with van der Waals surface area (Å²) in [4.78, 5) is 0. The van der Waals surface area contributed by atoms with Gasteiger partial charge in [0.2, 0.25) is 0 Å². The van der Waals surface area contributed by atoms with Gasteiger partial charge in [-0.05, 0) is 26.0 Å². The maximum Gasteiger partial charge on any atom is 0.189 e. The van der Waals surface area contributed by atoms with Gasteiger partial charge in [-0.1, -0.05) is 18.2 Å². The maximum atomic E-state index is 10.1. The molecule has 1 aliphatic rings. The highest BCUT2D eigenvalue weighted by molar-refractivity contribution is 5.20. The van der Waals surface area contributed by atoms with Gasteiger partial charge in [-0.2, -0.15) is 5.26 Å². The van der Waals surface area contributed by atoms with E-state index in [0.717, 1.165) is 5.75 Å². The summed E-state index contributed by atoms with van der Waals surface area (Å²) in [5.41, 5.74) is -0.895. The molecule has 0 spiro atoms. The summed E-state index contributed by atoms with van der Waals surface area (Å²) in [6.07, 6.45) is -1.70. The number of rotatable bonds is 5. The summed E-state index contributed by atoms with van der Waals surface area (Å²) >= 11 is 0. The van der Waals surface area contributed by atoms with Crippen LogP contribution in [0.4, 0.5) is 0 Å². The van der Waals surface area contributed by atoms with Crippen LogP contribution in [0, 0.1) is 16.7 Å². The van der Waals surface area contributed by atoms with Crippen molar-refractivity contribution >= 4 is 0 Å². The minimum absolute atomic E-state index is 0.0776. The number of aliphatic hydroxyl groups excluding tert-OH is 1. The third-order valence-electron chi connectivity index (χ3n) is 3.77. The summed E-state index contributed by atoms with van der Waals surface area (Å²) < 4.78 is 16.3. The Morgan fingerprint density at radius 1 is 1.40 bits per heavy atom. The van der Waals surface area contributed by atoms with Gasteiger partial charge in [0.05, 0.1) is 18.8 Å². The molecule has 0 radical (unpaired) electrons. The molecule has 1 aliphatic heterocycles. The molecule has 2 rings (SSSR count). The number of nitrogens with zero attached hydrogens (tertiary/aromatic N) is 1. The molecule has 1 fully saturated rings. The Bertz CT molecular complexity index is 473. The molecule has 5 nitrogen and oxygen atoms in total. The SMILES string of the molecule is CC1O[C@H](COCOc2ccccc2)[C@@H](O)[C@@]1(C)C#N. The standard InChI is InChI=1S/C15H19NO4/c1-11-15(2,9-16)14(17)13(20-11)8-18-10-19-12-6-4-3-5-7-12/h3-7,11,13-14,17H,8,10H2,1-2H3/t11?,13-,14-,15+/m1/s1. The number of hydrogen-bond acceptors (Lipinski definition) is 5. The van der Waals surface area contributed by atoms with Gasteiger partial charge in [0.25, 0.3) is 0 Å². The monoisotopic (exact) mass is 277 g/mol. The predicted molar refractivity (Wildman–Crippen MR) is 72.0 cm³/mol. The molecule has 1 saturated heterocycles. The van der Waals surface area contributed by atoms with E-state index in [4.69, 9.17) is 19.5 Å². The van der Waals surface area contributed by atoms with Crippen LogP contribution in [0.25, 0.3) is 0 Å². The van der Waals surface area contributed by atoms with Crippen molar-refractivity contribution in [3.05, 3.63) is 30.3 Å². The molecule has 20 heavy (non-hydrogen) atoms. The van der Waals surface area contributed by atoms with E-state index in [1.165, 1.54) is 0 Å². The first kappa shape index (κ1) is 14.8. The zero-order chi connectivity index (χ0) is 14.6. The van der Waals surface area contributed by atoms with Crippen molar-refractivity contribution in [3.8, 4) is 11.8 Å². The van der Waals surface area contributed by atoms with Gasteiger partial charge >= 0.3 is 0 Å². The van der Waals surface area contributed by atoms with E-state index in [-0.39, 0.29) is 19.5 Å². The second-order valence-corrected chi connectivity index (χ2v) is 5.10. The molecule has 0 amide bonds. The highest BCUT2D eigenvalue weighted by Gasteiger charge is 2.51. The van der Waals surface area contributed by atoms with Crippen molar-refractivity contribution < 1.29 is 19.3 Å². The third kappa shape index (κ3) is 2.93. The minimum atomic E-state index is -0.895. The van der Waals surface area contributed by atoms with Crippen molar-refractivity contribution in [1.29, 1.82) is 5.26 Å². The molecule has 1 aromatic carbocycles. The lowest BCUT2D eigenvalue weighted by Crippen LogP contribution is -2.37. The highest BCUT2D eigenvalue weighted by atomic mass is 16.7. The van der Waals surface area contributed by atoms with Crippen LogP contribution in [0.3, 0.4) is 0 Å². The van der Waals surface area contributed by atoms with Crippen molar-refractivity contribution in [3.63, 3.8) is 0 Å². The Morgan fingerprint density at radius 2 is 2.10 bits per heavy atom. The van der Waals surface area contributed by atoms with E-state index in [1.54, 1.807) is 13.8 Å². The normalized spacial score (nSPS) is 32.8. The number of ether oxygens (including phenoxy) is 3. The summed E-state index contributed by atoms with van der Waals surface area (Å²) in [6, 6.07) is 11.4. The average molecular weight is 277 g/mol. The van der Waals surface area contributed by atoms with Gasteiger partial charge in [0.1, 0.15) is 23.4 Å². The molecule has 0 saturated carbocycles. The lowest BCUT2D eigenvalue weighted by molar-refractivity contribution is -0.0715. The Labute approximate surface area is 118 Å². The van der Waals surface area contributed by atoms with E-state index < -0.39 is 17.6 Å². The Balaban J connectivity index is 1.77. The number of benzene rings is 1. The fraction of sp³-hybridized carbons (Fsp3) is 0.533. The Morgan fingerprint density at radius 3 is 2.70 bits per heavy atom. The van der Waals surface area contributed by atoms with Crippen molar-refractivity contribution in [1.82, 2.24) is 0 Å². The van der Waals surface area contributed by atoms with E-state index in [1.807, 2.05) is 30.3 Å². The molecular weight excluding hydrogens is 258 g/mol. The molecule has 4 atom stereocenters. The second-order valence-electron chi connectivity index (χ2n) is 5.10. The summed E-state index contributed by atoms with van der Waals surface area (Å²) in [7, 11) is 0. The number of para-hydroxylation sites is 1. The molecule has 1 N–H and O–H groups in total. The minimum Gasteiger partial charge on any atom is -0.468 e. The summed E-state index contributed by atoms with van der Waals surface area (Å²) in [5.74, 6) is 0.718. The molecule has 1 aromatic rings. The first-order valence-corrected chi connectivity index (χ1v) is 6.58. The van der Waals surface area contributed by atoms with Crippen LogP contribution in [-0.4, -0.2) is 36.8 Å². The van der Waals surface area contributed by atoms with Crippen LogP contribution in [0.15, 0.2) is 30.3 Å². The van der Waals surface area contributed by atoms with E-state index in [0.29, 0.717) is 0 Å². The Kier molecular flexibility index (Phi) is 4.61. The predicted octanol–water partition coefficient (Wildman–Crippen LogP) is 1.72. The van der Waals surface area contributed by atoms with Gasteiger partial charge in [-0.15, -0.1) is 0 Å². The second kappa shape index (κ2) is 6.23. The van der Waals surface area contributed by atoms with Crippen molar-refractivity contribution in [2.75, 3.05) is 13.4 Å². The molecular formula is C15H19NO4. The molecule has 0 aromatic heterocycles. The number of nitriles is 1. The molecule has 1 unspecified atom stereocenters. The van der Waals surface area contributed by atoms with Gasteiger partial charge < -0.3 is 19.3 Å². The van der Waals surface area contributed by atoms with Gasteiger partial charge in [-0.3, -0.25) is 0 Å². The number of aliphatic hydroxyl groups is 1. The van der Waals surface area contributed by atoms with Gasteiger partial charge in [0, 0.05) is 0 Å². The lowest BCUT2D eigenvalue weighted by atomic mass is 9.81. The quantitative estimate of drug-likeness (QED) is 0.655. The van der Waals surface area contributed by atoms with E-state index in [9.17, 15) is 5.11 Å². The largest absolute Gasteiger partial charge is 0.468 e. The number of hydrogen-bond donors (Lipinski definition) is 1. The summed E-state index contributed by atoms with van der Waals surface area (Å²) in [5, 5.41) is 19.3. The van der Waals surface area contributed by atoms with Crippen molar-refractivity contribution in [2.24, 2.45) is 5.41 Å². The van der Waals surface area contributed by atoms with Gasteiger partial charge in [-0.25, -0.2) is 0 Å². The fourth-order valence-electron chi connectivity index (χ4n) is 2.18. The van der Waals surface area contributed by atoms with Crippen LogP contribution in [0.5, 0.6) is 5.75 Å². The smallest absolute Gasteiger partial charge is 0.189 e. The molecule has 0 bridgehead atoms. The van der Waals surface area contributed by atoms with Crippen LogP contribution in [0.1, 0.15) is 13.8 Å². The molecule has 0 aliphatic carbocycles. The third-order valence-corrected chi connectivity index (χ3v) is 3.77. The zero-order valence-corrected chi connectivity index (χ0v) is 11.7. The zero-order valence-electron chi connectivity index (χ0n) is 11.7. The van der Waals surface area contributed by atoms with Crippen LogP contribution in [-0.2, 0) is 9.47 Å². The highest BCUT2D eigenvalue weighted by Crippen LogP contribution is 2.37. The molecule has 108 valence electrons. The lowest BCUT2D eigenvalue weighted by Gasteiger charge is -2.22. The van der Waals surface area contributed by atoms with Crippen LogP contribution >= 0.6 is 0 Å². The maximum absolute atomic E-state index is 10.1. The van der Waals surface area contributed by atoms with Crippen molar-refractivity contribution in [2.45, 2.75) is 32.2 Å². The first-order chi connectivity index (χ1) is 9.58. The molecule has 5 heteroatoms. The Hall–Kier alpha value is -1.61. The topological polar surface area (TPSA) is 71.7 Å². The van der Waals surface area contributed by atoms with Crippen LogP contribution < -0.4 is 4.74 Å².